The van der Waals surface area contributed by atoms with Crippen LogP contribution in [0.5, 0.6) is 0 Å². The normalized spacial score (nSPS) is 10.4. The minimum Gasteiger partial charge on any atom is -0.378 e. The Morgan fingerprint density at radius 1 is 1.44 bits per heavy atom. The maximum absolute atomic E-state index is 13.0. The summed E-state index contributed by atoms with van der Waals surface area (Å²) < 4.78 is 14.9. The van der Waals surface area contributed by atoms with Crippen molar-refractivity contribution < 1.29 is 4.39 Å². The van der Waals surface area contributed by atoms with Gasteiger partial charge < -0.3 is 9.88 Å². The van der Waals surface area contributed by atoms with Crippen LogP contribution in [0.1, 0.15) is 11.4 Å². The summed E-state index contributed by atoms with van der Waals surface area (Å²) in [6.45, 7) is 2.31. The Morgan fingerprint density at radius 3 is 2.88 bits per heavy atom. The zero-order valence-corrected chi connectivity index (χ0v) is 9.24. The summed E-state index contributed by atoms with van der Waals surface area (Å²) in [6, 6.07) is 4.93. The first-order chi connectivity index (χ1) is 7.66. The van der Waals surface area contributed by atoms with Gasteiger partial charge in [-0.1, -0.05) is 0 Å². The van der Waals surface area contributed by atoms with Crippen LogP contribution in [0.4, 0.5) is 10.1 Å². The lowest BCUT2D eigenvalue weighted by atomic mass is 10.2. The first-order valence-electron chi connectivity index (χ1n) is 4.99. The number of hydrogen-bond donors (Lipinski definition) is 1. The zero-order chi connectivity index (χ0) is 11.5. The number of hydrogen-bond acceptors (Lipinski definition) is 3. The number of anilines is 1. The molecule has 4 nitrogen and oxygen atoms in total. The van der Waals surface area contributed by atoms with Crippen LogP contribution in [0.25, 0.3) is 0 Å². The number of benzene rings is 1. The van der Waals surface area contributed by atoms with E-state index >= 15 is 0 Å². The van der Waals surface area contributed by atoms with Gasteiger partial charge in [0, 0.05) is 12.7 Å². The Kier molecular flexibility index (Phi) is 2.85. The van der Waals surface area contributed by atoms with Crippen molar-refractivity contribution in [1.82, 2.24) is 14.8 Å². The first-order valence-corrected chi connectivity index (χ1v) is 4.99. The molecule has 1 N–H and O–H groups in total. The number of aryl methyl sites for hydroxylation is 2. The van der Waals surface area contributed by atoms with Crippen molar-refractivity contribution >= 4 is 5.69 Å². The van der Waals surface area contributed by atoms with E-state index in [1.54, 1.807) is 25.4 Å². The monoisotopic (exact) mass is 220 g/mol. The average molecular weight is 220 g/mol. The predicted octanol–water partition coefficient (Wildman–Crippen LogP) is 1.87. The summed E-state index contributed by atoms with van der Waals surface area (Å²) in [5.74, 6) is 0.645. The number of halogens is 1. The number of aromatic nitrogens is 3. The van der Waals surface area contributed by atoms with Crippen LogP contribution < -0.4 is 5.32 Å². The molecule has 1 aromatic carbocycles. The third-order valence-corrected chi connectivity index (χ3v) is 2.41. The molecule has 16 heavy (non-hydrogen) atoms. The van der Waals surface area contributed by atoms with E-state index in [4.69, 9.17) is 0 Å². The van der Waals surface area contributed by atoms with E-state index in [-0.39, 0.29) is 5.82 Å². The van der Waals surface area contributed by atoms with Crippen LogP contribution in [-0.4, -0.2) is 14.8 Å². The molecule has 0 amide bonds. The van der Waals surface area contributed by atoms with Gasteiger partial charge in [-0.2, -0.15) is 0 Å². The smallest absolute Gasteiger partial charge is 0.151 e. The van der Waals surface area contributed by atoms with Crippen molar-refractivity contribution in [3.63, 3.8) is 0 Å². The summed E-state index contributed by atoms with van der Waals surface area (Å²) in [6.07, 6.45) is 1.65. The highest BCUT2D eigenvalue weighted by atomic mass is 19.1. The number of nitrogens with zero attached hydrogens (tertiary/aromatic N) is 3. The van der Waals surface area contributed by atoms with Gasteiger partial charge in [-0.05, 0) is 30.7 Å². The van der Waals surface area contributed by atoms with Gasteiger partial charge in [-0.15, -0.1) is 10.2 Å². The van der Waals surface area contributed by atoms with E-state index < -0.39 is 0 Å². The summed E-state index contributed by atoms with van der Waals surface area (Å²) in [7, 11) is 1.88. The van der Waals surface area contributed by atoms with Gasteiger partial charge in [0.15, 0.2) is 5.82 Å². The summed E-state index contributed by atoms with van der Waals surface area (Å²) in [5, 5.41) is 10.9. The topological polar surface area (TPSA) is 42.7 Å². The molecular formula is C11H13FN4. The Hall–Kier alpha value is -1.91. The number of rotatable bonds is 3. The molecule has 0 bridgehead atoms. The molecule has 0 saturated heterocycles. The van der Waals surface area contributed by atoms with Gasteiger partial charge in [0.05, 0.1) is 6.54 Å². The molecule has 0 radical (unpaired) electrons. The van der Waals surface area contributed by atoms with E-state index in [9.17, 15) is 4.39 Å². The summed E-state index contributed by atoms with van der Waals surface area (Å²) in [5.41, 5.74) is 1.50. The van der Waals surface area contributed by atoms with Crippen LogP contribution in [0, 0.1) is 12.7 Å². The van der Waals surface area contributed by atoms with Crippen LogP contribution in [0.3, 0.4) is 0 Å². The molecule has 0 atom stereocenters. The lowest BCUT2D eigenvalue weighted by Crippen LogP contribution is -2.05. The minimum absolute atomic E-state index is 0.191. The van der Waals surface area contributed by atoms with Gasteiger partial charge in [-0.25, -0.2) is 4.39 Å². The lowest BCUT2D eigenvalue weighted by Gasteiger charge is -2.06. The summed E-state index contributed by atoms with van der Waals surface area (Å²) >= 11 is 0. The Morgan fingerprint density at radius 2 is 2.25 bits per heavy atom. The number of nitrogens with one attached hydrogen (secondary N) is 1. The summed E-state index contributed by atoms with van der Waals surface area (Å²) in [4.78, 5) is 0. The highest BCUT2D eigenvalue weighted by molar-refractivity contribution is 5.45. The van der Waals surface area contributed by atoms with Gasteiger partial charge in [0.2, 0.25) is 0 Å². The molecule has 2 rings (SSSR count). The molecule has 0 fully saturated rings. The highest BCUT2D eigenvalue weighted by Crippen LogP contribution is 2.14. The second-order valence-corrected chi connectivity index (χ2v) is 3.68. The van der Waals surface area contributed by atoms with E-state index in [0.29, 0.717) is 12.1 Å². The molecule has 1 aromatic heterocycles. The maximum atomic E-state index is 13.0. The third kappa shape index (κ3) is 2.18. The fourth-order valence-electron chi connectivity index (χ4n) is 1.40. The van der Waals surface area contributed by atoms with E-state index in [0.717, 1.165) is 11.5 Å². The largest absolute Gasteiger partial charge is 0.378 e. The molecule has 84 valence electrons. The molecule has 0 unspecified atom stereocenters. The second-order valence-electron chi connectivity index (χ2n) is 3.68. The van der Waals surface area contributed by atoms with E-state index in [1.807, 2.05) is 11.6 Å². The van der Waals surface area contributed by atoms with Crippen LogP contribution >= 0.6 is 0 Å². The van der Waals surface area contributed by atoms with Crippen LogP contribution in [0.2, 0.25) is 0 Å². The molecule has 0 aliphatic carbocycles. The first kappa shape index (κ1) is 10.6. The van der Waals surface area contributed by atoms with E-state index in [2.05, 4.69) is 15.5 Å². The van der Waals surface area contributed by atoms with Crippen molar-refractivity contribution in [2.24, 2.45) is 7.05 Å². The molecule has 0 saturated carbocycles. The van der Waals surface area contributed by atoms with E-state index in [1.165, 1.54) is 6.07 Å². The lowest BCUT2D eigenvalue weighted by molar-refractivity contribution is 0.618. The van der Waals surface area contributed by atoms with Crippen LogP contribution in [0.15, 0.2) is 24.5 Å². The average Bonchev–Trinajstić information content (AvgIpc) is 2.66. The Labute approximate surface area is 93.1 Å². The van der Waals surface area contributed by atoms with Gasteiger partial charge >= 0.3 is 0 Å². The maximum Gasteiger partial charge on any atom is 0.151 e. The van der Waals surface area contributed by atoms with Gasteiger partial charge in [0.1, 0.15) is 12.1 Å². The molecule has 2 aromatic rings. The molecule has 1 heterocycles. The van der Waals surface area contributed by atoms with Crippen molar-refractivity contribution in [2.45, 2.75) is 13.5 Å². The van der Waals surface area contributed by atoms with Crippen LogP contribution in [-0.2, 0) is 13.6 Å². The fraction of sp³-hybridized carbons (Fsp3) is 0.273. The SMILES string of the molecule is Cc1cc(NCc2nncn2C)ccc1F. The Bertz CT molecular complexity index is 492. The van der Waals surface area contributed by atoms with Crippen molar-refractivity contribution in [2.75, 3.05) is 5.32 Å². The molecule has 0 aliphatic rings. The third-order valence-electron chi connectivity index (χ3n) is 2.41. The second kappa shape index (κ2) is 4.30. The quantitative estimate of drug-likeness (QED) is 0.858. The Balaban J connectivity index is 2.05. The van der Waals surface area contributed by atoms with Crippen molar-refractivity contribution in [3.05, 3.63) is 41.7 Å². The van der Waals surface area contributed by atoms with Crippen molar-refractivity contribution in [1.29, 1.82) is 0 Å². The molecular weight excluding hydrogens is 207 g/mol. The zero-order valence-electron chi connectivity index (χ0n) is 9.24. The highest BCUT2D eigenvalue weighted by Gasteiger charge is 2.02. The molecule has 0 spiro atoms. The minimum atomic E-state index is -0.191. The predicted molar refractivity (Wildman–Crippen MR) is 59.5 cm³/mol. The standard InChI is InChI=1S/C11H13FN4/c1-8-5-9(3-4-10(8)12)13-6-11-15-14-7-16(11)2/h3-5,7,13H,6H2,1-2H3. The fourth-order valence-corrected chi connectivity index (χ4v) is 1.40. The van der Waals surface area contributed by atoms with Gasteiger partial charge in [-0.3, -0.25) is 0 Å². The van der Waals surface area contributed by atoms with Gasteiger partial charge in [0.25, 0.3) is 0 Å². The van der Waals surface area contributed by atoms with Crippen molar-refractivity contribution in [3.8, 4) is 0 Å². The molecule has 5 heteroatoms. The molecule has 0 aliphatic heterocycles.